The van der Waals surface area contributed by atoms with Crippen molar-refractivity contribution in [2.24, 2.45) is 5.92 Å². The molecule has 1 fully saturated rings. The number of aliphatic carboxylic acids is 1. The minimum Gasteiger partial charge on any atom is -0.481 e. The number of carboxylic acids is 1. The smallest absolute Gasteiger partial charge is 0.308 e. The highest BCUT2D eigenvalue weighted by molar-refractivity contribution is 7.09. The molecular weight excluding hydrogens is 238 g/mol. The van der Waals surface area contributed by atoms with Crippen molar-refractivity contribution in [3.63, 3.8) is 0 Å². The number of likely N-dealkylation sites (tertiary alicyclic amines) is 1. The number of amides is 1. The van der Waals surface area contributed by atoms with Crippen molar-refractivity contribution in [3.8, 4) is 0 Å². The second kappa shape index (κ2) is 5.31. The summed E-state index contributed by atoms with van der Waals surface area (Å²) in [4.78, 5) is 25.5. The lowest BCUT2D eigenvalue weighted by atomic mass is 10.1. The van der Waals surface area contributed by atoms with Crippen molar-refractivity contribution in [3.05, 3.63) is 22.4 Å². The summed E-state index contributed by atoms with van der Waals surface area (Å²) in [6.07, 6.45) is 1.82. The average molecular weight is 253 g/mol. The number of hydrogen-bond acceptors (Lipinski definition) is 3. The van der Waals surface area contributed by atoms with Crippen molar-refractivity contribution in [1.82, 2.24) is 4.90 Å². The number of carbonyl (C=O) groups excluding carboxylic acids is 1. The molecule has 0 unspecified atom stereocenters. The molecular formula is C12H15NO3S. The fourth-order valence-electron chi connectivity index (χ4n) is 2.03. The normalized spacial score (nSPS) is 19.5. The molecule has 2 rings (SSSR count). The highest BCUT2D eigenvalue weighted by atomic mass is 32.1. The van der Waals surface area contributed by atoms with E-state index >= 15 is 0 Å². The summed E-state index contributed by atoms with van der Waals surface area (Å²) < 4.78 is 0. The lowest BCUT2D eigenvalue weighted by Gasteiger charge is -2.15. The summed E-state index contributed by atoms with van der Waals surface area (Å²) in [5, 5.41) is 10.9. The molecule has 2 heterocycles. The van der Waals surface area contributed by atoms with Crippen molar-refractivity contribution >= 4 is 23.2 Å². The molecule has 1 aliphatic rings. The number of carbonyl (C=O) groups is 2. The Morgan fingerprint density at radius 1 is 1.53 bits per heavy atom. The Kier molecular flexibility index (Phi) is 3.78. The van der Waals surface area contributed by atoms with Gasteiger partial charge in [0, 0.05) is 24.4 Å². The monoisotopic (exact) mass is 253 g/mol. The van der Waals surface area contributed by atoms with Crippen LogP contribution < -0.4 is 0 Å². The van der Waals surface area contributed by atoms with Crippen LogP contribution in [-0.2, 0) is 16.0 Å². The first-order chi connectivity index (χ1) is 8.16. The van der Waals surface area contributed by atoms with Crippen LogP contribution in [0.25, 0.3) is 0 Å². The van der Waals surface area contributed by atoms with Crippen LogP contribution in [0.15, 0.2) is 17.5 Å². The standard InChI is InChI=1S/C12H15NO3S/c14-11(4-3-10-2-1-7-17-10)13-6-5-9(8-13)12(15)16/h1-2,7,9H,3-6,8H2,(H,15,16)/t9-/m1/s1. The molecule has 0 aliphatic carbocycles. The van der Waals surface area contributed by atoms with Gasteiger partial charge in [-0.05, 0) is 24.3 Å². The fraction of sp³-hybridized carbons (Fsp3) is 0.500. The van der Waals surface area contributed by atoms with E-state index in [0.29, 0.717) is 25.9 Å². The van der Waals surface area contributed by atoms with Gasteiger partial charge < -0.3 is 10.0 Å². The molecule has 0 spiro atoms. The molecule has 0 bridgehead atoms. The summed E-state index contributed by atoms with van der Waals surface area (Å²) in [5.74, 6) is -1.10. The maximum atomic E-state index is 11.8. The van der Waals surface area contributed by atoms with Crippen LogP contribution in [-0.4, -0.2) is 35.0 Å². The number of aryl methyl sites for hydroxylation is 1. The topological polar surface area (TPSA) is 57.6 Å². The van der Waals surface area contributed by atoms with E-state index < -0.39 is 5.97 Å². The summed E-state index contributed by atoms with van der Waals surface area (Å²) in [7, 11) is 0. The zero-order valence-electron chi connectivity index (χ0n) is 9.46. The van der Waals surface area contributed by atoms with Gasteiger partial charge in [0.2, 0.25) is 5.91 Å². The molecule has 1 aromatic rings. The molecule has 1 saturated heterocycles. The van der Waals surface area contributed by atoms with Crippen LogP contribution in [0.5, 0.6) is 0 Å². The van der Waals surface area contributed by atoms with Crippen LogP contribution in [0.3, 0.4) is 0 Å². The van der Waals surface area contributed by atoms with Crippen LogP contribution >= 0.6 is 11.3 Å². The number of carboxylic acid groups (broad SMARTS) is 1. The predicted molar refractivity (Wildman–Crippen MR) is 65.0 cm³/mol. The molecule has 0 radical (unpaired) electrons. The Balaban J connectivity index is 1.79. The van der Waals surface area contributed by atoms with E-state index in [4.69, 9.17) is 5.11 Å². The Labute approximate surface area is 104 Å². The SMILES string of the molecule is O=C(O)[C@@H]1CCN(C(=O)CCc2cccs2)C1. The fourth-order valence-corrected chi connectivity index (χ4v) is 2.74. The molecule has 0 saturated carbocycles. The molecule has 1 atom stereocenters. The summed E-state index contributed by atoms with van der Waals surface area (Å²) in [5.41, 5.74) is 0. The largest absolute Gasteiger partial charge is 0.481 e. The number of nitrogens with zero attached hydrogens (tertiary/aromatic N) is 1. The Morgan fingerprint density at radius 2 is 2.35 bits per heavy atom. The molecule has 4 nitrogen and oxygen atoms in total. The number of rotatable bonds is 4. The van der Waals surface area contributed by atoms with Gasteiger partial charge in [-0.15, -0.1) is 11.3 Å². The van der Waals surface area contributed by atoms with Gasteiger partial charge >= 0.3 is 5.97 Å². The van der Waals surface area contributed by atoms with Crippen LogP contribution in [0.2, 0.25) is 0 Å². The highest BCUT2D eigenvalue weighted by Gasteiger charge is 2.30. The van der Waals surface area contributed by atoms with E-state index in [9.17, 15) is 9.59 Å². The maximum absolute atomic E-state index is 11.8. The molecule has 5 heteroatoms. The Hall–Kier alpha value is -1.36. The van der Waals surface area contributed by atoms with Gasteiger partial charge in [-0.25, -0.2) is 0 Å². The van der Waals surface area contributed by atoms with Gasteiger partial charge in [-0.3, -0.25) is 9.59 Å². The average Bonchev–Trinajstić information content (AvgIpc) is 2.96. The first-order valence-electron chi connectivity index (χ1n) is 5.70. The van der Waals surface area contributed by atoms with Crippen molar-refractivity contribution in [2.45, 2.75) is 19.3 Å². The van der Waals surface area contributed by atoms with Crippen LogP contribution in [0.4, 0.5) is 0 Å². The van der Waals surface area contributed by atoms with E-state index in [1.54, 1.807) is 16.2 Å². The van der Waals surface area contributed by atoms with E-state index in [1.807, 2.05) is 17.5 Å². The van der Waals surface area contributed by atoms with Gasteiger partial charge in [0.1, 0.15) is 0 Å². The summed E-state index contributed by atoms with van der Waals surface area (Å²) in [6.45, 7) is 0.957. The van der Waals surface area contributed by atoms with Crippen molar-refractivity contribution in [2.75, 3.05) is 13.1 Å². The van der Waals surface area contributed by atoms with E-state index in [-0.39, 0.29) is 11.8 Å². The second-order valence-electron chi connectivity index (χ2n) is 4.24. The first kappa shape index (κ1) is 12.1. The molecule has 92 valence electrons. The first-order valence-corrected chi connectivity index (χ1v) is 6.58. The van der Waals surface area contributed by atoms with Crippen LogP contribution in [0.1, 0.15) is 17.7 Å². The number of hydrogen-bond donors (Lipinski definition) is 1. The summed E-state index contributed by atoms with van der Waals surface area (Å²) in [6, 6.07) is 3.99. The predicted octanol–water partition coefficient (Wildman–Crippen LogP) is 1.61. The van der Waals surface area contributed by atoms with Gasteiger partial charge in [0.05, 0.1) is 5.92 Å². The highest BCUT2D eigenvalue weighted by Crippen LogP contribution is 2.18. The van der Waals surface area contributed by atoms with E-state index in [1.165, 1.54) is 4.88 Å². The second-order valence-corrected chi connectivity index (χ2v) is 5.28. The zero-order chi connectivity index (χ0) is 12.3. The summed E-state index contributed by atoms with van der Waals surface area (Å²) >= 11 is 1.65. The third-order valence-electron chi connectivity index (χ3n) is 3.06. The molecule has 1 amide bonds. The molecule has 1 N–H and O–H groups in total. The minimum atomic E-state index is -0.793. The van der Waals surface area contributed by atoms with E-state index in [2.05, 4.69) is 0 Å². The third-order valence-corrected chi connectivity index (χ3v) is 3.99. The molecule has 1 aliphatic heterocycles. The third kappa shape index (κ3) is 3.06. The Bertz CT molecular complexity index is 402. The zero-order valence-corrected chi connectivity index (χ0v) is 10.3. The van der Waals surface area contributed by atoms with Crippen LogP contribution in [0, 0.1) is 5.92 Å². The molecule has 1 aromatic heterocycles. The number of thiophene rings is 1. The van der Waals surface area contributed by atoms with E-state index in [0.717, 1.165) is 6.42 Å². The molecule has 0 aromatic carbocycles. The lowest BCUT2D eigenvalue weighted by molar-refractivity contribution is -0.141. The van der Waals surface area contributed by atoms with Gasteiger partial charge in [-0.2, -0.15) is 0 Å². The molecule has 17 heavy (non-hydrogen) atoms. The van der Waals surface area contributed by atoms with Gasteiger partial charge in [0.15, 0.2) is 0 Å². The van der Waals surface area contributed by atoms with Gasteiger partial charge in [-0.1, -0.05) is 6.07 Å². The van der Waals surface area contributed by atoms with Gasteiger partial charge in [0.25, 0.3) is 0 Å². The maximum Gasteiger partial charge on any atom is 0.308 e. The Morgan fingerprint density at radius 3 is 2.94 bits per heavy atom. The minimum absolute atomic E-state index is 0.0714. The van der Waals surface area contributed by atoms with Crippen molar-refractivity contribution in [1.29, 1.82) is 0 Å². The van der Waals surface area contributed by atoms with Crippen molar-refractivity contribution < 1.29 is 14.7 Å². The lowest BCUT2D eigenvalue weighted by Crippen LogP contribution is -2.30. The quantitative estimate of drug-likeness (QED) is 0.887.